The molecule has 122 valence electrons. The summed E-state index contributed by atoms with van der Waals surface area (Å²) >= 11 is 0. The molecule has 0 fully saturated rings. The lowest BCUT2D eigenvalue weighted by molar-refractivity contribution is -0.239. The van der Waals surface area contributed by atoms with Crippen molar-refractivity contribution in [3.63, 3.8) is 0 Å². The summed E-state index contributed by atoms with van der Waals surface area (Å²) in [5.74, 6) is -0.744. The van der Waals surface area contributed by atoms with Gasteiger partial charge in [-0.3, -0.25) is 0 Å². The summed E-state index contributed by atoms with van der Waals surface area (Å²) in [6.07, 6.45) is -9.91. The van der Waals surface area contributed by atoms with Crippen LogP contribution >= 0.6 is 0 Å². The number of aromatic nitrogens is 1. The standard InChI is InChI=1S/C11H8F5NO4S/c12-10(13,14)9(11(15,16)22(18,19)20)21-8-5-6-3-1-2-4-7(6)17-8/h1-5,9,17H,(H,18,19,20)/p-1. The lowest BCUT2D eigenvalue weighted by Gasteiger charge is -2.29. The molecule has 5 nitrogen and oxygen atoms in total. The van der Waals surface area contributed by atoms with Crippen LogP contribution in [0.2, 0.25) is 0 Å². The maximum absolute atomic E-state index is 13.3. The van der Waals surface area contributed by atoms with Crippen LogP contribution in [0.4, 0.5) is 22.0 Å². The summed E-state index contributed by atoms with van der Waals surface area (Å²) in [6, 6.07) is 6.94. The van der Waals surface area contributed by atoms with E-state index in [2.05, 4.69) is 9.72 Å². The second kappa shape index (κ2) is 5.09. The van der Waals surface area contributed by atoms with Crippen LogP contribution in [-0.2, 0) is 10.1 Å². The maximum atomic E-state index is 13.3. The number of nitrogens with one attached hydrogen (secondary N) is 1. The van der Waals surface area contributed by atoms with Gasteiger partial charge in [0.25, 0.3) is 6.10 Å². The van der Waals surface area contributed by atoms with Crippen LogP contribution in [0, 0.1) is 0 Å². The topological polar surface area (TPSA) is 82.2 Å². The maximum Gasteiger partial charge on any atom is 0.432 e. The first-order valence-corrected chi connectivity index (χ1v) is 6.98. The van der Waals surface area contributed by atoms with Crippen LogP contribution in [0.3, 0.4) is 0 Å². The predicted molar refractivity (Wildman–Crippen MR) is 63.4 cm³/mol. The number of alkyl halides is 5. The molecule has 0 bridgehead atoms. The molecule has 1 N–H and O–H groups in total. The van der Waals surface area contributed by atoms with E-state index in [-0.39, 0.29) is 5.52 Å². The molecule has 1 heterocycles. The number of rotatable bonds is 4. The van der Waals surface area contributed by atoms with Crippen LogP contribution < -0.4 is 4.74 Å². The molecule has 0 radical (unpaired) electrons. The third-order valence-electron chi connectivity index (χ3n) is 2.69. The van der Waals surface area contributed by atoms with Gasteiger partial charge in [0.15, 0.2) is 16.0 Å². The Bertz CT molecular complexity index is 750. The van der Waals surface area contributed by atoms with Gasteiger partial charge in [-0.05, 0) is 6.07 Å². The highest BCUT2D eigenvalue weighted by Gasteiger charge is 2.62. The molecule has 11 heteroatoms. The molecular formula is C11H7F5NO4S-. The lowest BCUT2D eigenvalue weighted by atomic mass is 10.2. The molecular weight excluding hydrogens is 337 g/mol. The van der Waals surface area contributed by atoms with Crippen molar-refractivity contribution in [3.05, 3.63) is 30.3 Å². The van der Waals surface area contributed by atoms with E-state index in [1.807, 2.05) is 0 Å². The number of ether oxygens (including phenoxy) is 1. The van der Waals surface area contributed by atoms with Crippen molar-refractivity contribution in [2.45, 2.75) is 17.5 Å². The zero-order chi connectivity index (χ0) is 16.8. The van der Waals surface area contributed by atoms with E-state index in [1.165, 1.54) is 24.3 Å². The second-order valence-corrected chi connectivity index (χ2v) is 5.73. The fraction of sp³-hybridized carbons (Fsp3) is 0.273. The van der Waals surface area contributed by atoms with Crippen molar-refractivity contribution in [1.82, 2.24) is 4.98 Å². The van der Waals surface area contributed by atoms with E-state index in [0.29, 0.717) is 5.39 Å². The third kappa shape index (κ3) is 2.99. The monoisotopic (exact) mass is 344 g/mol. The number of H-pyrrole nitrogens is 1. The van der Waals surface area contributed by atoms with Crippen LogP contribution in [0.5, 0.6) is 5.88 Å². The molecule has 0 spiro atoms. The van der Waals surface area contributed by atoms with Gasteiger partial charge in [0.1, 0.15) is 0 Å². The molecule has 22 heavy (non-hydrogen) atoms. The molecule has 0 saturated carbocycles. The molecule has 0 amide bonds. The van der Waals surface area contributed by atoms with Crippen molar-refractivity contribution >= 4 is 21.0 Å². The Kier molecular flexibility index (Phi) is 3.81. The van der Waals surface area contributed by atoms with Gasteiger partial charge in [-0.15, -0.1) is 0 Å². The molecule has 2 aromatic rings. The number of hydrogen-bond acceptors (Lipinski definition) is 4. The molecule has 1 aromatic carbocycles. The van der Waals surface area contributed by atoms with E-state index in [0.717, 1.165) is 6.07 Å². The smallest absolute Gasteiger partial charge is 0.432 e. The minimum absolute atomic E-state index is 0.284. The molecule has 2 rings (SSSR count). The summed E-state index contributed by atoms with van der Waals surface area (Å²) in [6.45, 7) is 0. The minimum Gasteiger partial charge on any atom is -0.743 e. The van der Waals surface area contributed by atoms with Gasteiger partial charge in [0.05, 0.1) is 0 Å². The summed E-state index contributed by atoms with van der Waals surface area (Å²) in [5.41, 5.74) is 0.284. The molecule has 0 aliphatic rings. The SMILES string of the molecule is O=S(=O)([O-])C(F)(F)C(Oc1cc2ccccc2[nH]1)C(F)(F)F. The van der Waals surface area contributed by atoms with Gasteiger partial charge in [0, 0.05) is 17.0 Å². The average Bonchev–Trinajstić information content (AvgIpc) is 2.75. The highest BCUT2D eigenvalue weighted by molar-refractivity contribution is 7.86. The molecule has 1 aromatic heterocycles. The third-order valence-corrected chi connectivity index (χ3v) is 3.57. The van der Waals surface area contributed by atoms with Gasteiger partial charge in [-0.25, -0.2) is 8.42 Å². The number of fused-ring (bicyclic) bond motifs is 1. The Hall–Kier alpha value is -1.88. The number of benzene rings is 1. The zero-order valence-electron chi connectivity index (χ0n) is 10.4. The zero-order valence-corrected chi connectivity index (χ0v) is 11.2. The largest absolute Gasteiger partial charge is 0.743 e. The van der Waals surface area contributed by atoms with E-state index >= 15 is 0 Å². The highest BCUT2D eigenvalue weighted by Crippen LogP contribution is 2.38. The summed E-state index contributed by atoms with van der Waals surface area (Å²) < 4.78 is 99.8. The van der Waals surface area contributed by atoms with Crippen LogP contribution in [0.25, 0.3) is 10.9 Å². The Balaban J connectivity index is 2.43. The predicted octanol–water partition coefficient (Wildman–Crippen LogP) is 2.62. The average molecular weight is 344 g/mol. The number of aromatic amines is 1. The first kappa shape index (κ1) is 16.5. The molecule has 1 atom stereocenters. The van der Waals surface area contributed by atoms with Gasteiger partial charge in [0.2, 0.25) is 0 Å². The first-order valence-electron chi connectivity index (χ1n) is 5.57. The first-order chi connectivity index (χ1) is 9.93. The van der Waals surface area contributed by atoms with Gasteiger partial charge in [-0.1, -0.05) is 18.2 Å². The van der Waals surface area contributed by atoms with Gasteiger partial charge < -0.3 is 14.3 Å². The van der Waals surface area contributed by atoms with Crippen molar-refractivity contribution in [1.29, 1.82) is 0 Å². The fourth-order valence-corrected chi connectivity index (χ4v) is 2.14. The van der Waals surface area contributed by atoms with Crippen molar-refractivity contribution in [3.8, 4) is 5.88 Å². The Morgan fingerprint density at radius 1 is 1.14 bits per heavy atom. The lowest BCUT2D eigenvalue weighted by Crippen LogP contribution is -2.53. The number of para-hydroxylation sites is 1. The van der Waals surface area contributed by atoms with Crippen molar-refractivity contribution in [2.75, 3.05) is 0 Å². The molecule has 0 aliphatic heterocycles. The van der Waals surface area contributed by atoms with E-state index in [1.54, 1.807) is 0 Å². The molecule has 1 unspecified atom stereocenters. The van der Waals surface area contributed by atoms with E-state index in [4.69, 9.17) is 0 Å². The Labute approximate surface area is 120 Å². The van der Waals surface area contributed by atoms with Crippen molar-refractivity contribution in [2.24, 2.45) is 0 Å². The fourth-order valence-electron chi connectivity index (χ4n) is 1.69. The molecule has 0 aliphatic carbocycles. The Morgan fingerprint density at radius 2 is 1.73 bits per heavy atom. The van der Waals surface area contributed by atoms with Crippen LogP contribution in [0.15, 0.2) is 30.3 Å². The van der Waals surface area contributed by atoms with E-state index < -0.39 is 33.5 Å². The number of halogens is 5. The second-order valence-electron chi connectivity index (χ2n) is 4.28. The van der Waals surface area contributed by atoms with E-state index in [9.17, 15) is 34.9 Å². The quantitative estimate of drug-likeness (QED) is 0.683. The summed E-state index contributed by atoms with van der Waals surface area (Å²) in [7, 11) is -6.58. The molecule has 0 saturated heterocycles. The summed E-state index contributed by atoms with van der Waals surface area (Å²) in [4.78, 5) is 2.27. The minimum atomic E-state index is -6.58. The normalized spacial score (nSPS) is 15.0. The van der Waals surface area contributed by atoms with Crippen LogP contribution in [-0.4, -0.2) is 35.5 Å². The number of hydrogen-bond donors (Lipinski definition) is 1. The Morgan fingerprint density at radius 3 is 2.23 bits per heavy atom. The van der Waals surface area contributed by atoms with Crippen molar-refractivity contribution < 1.29 is 39.7 Å². The van der Waals surface area contributed by atoms with Gasteiger partial charge in [-0.2, -0.15) is 22.0 Å². The van der Waals surface area contributed by atoms with Gasteiger partial charge >= 0.3 is 11.4 Å². The van der Waals surface area contributed by atoms with Crippen LogP contribution in [0.1, 0.15) is 0 Å². The highest BCUT2D eigenvalue weighted by atomic mass is 32.2. The summed E-state index contributed by atoms with van der Waals surface area (Å²) in [5, 5.41) is -5.32.